The molecule has 9 heteroatoms. The van der Waals surface area contributed by atoms with Crippen LogP contribution in [-0.4, -0.2) is 33.2 Å². The molecule has 4 rings (SSSR count). The molecule has 1 aliphatic rings. The zero-order chi connectivity index (χ0) is 16.9. The van der Waals surface area contributed by atoms with Gasteiger partial charge in [0.2, 0.25) is 10.0 Å². The molecule has 1 saturated heterocycles. The SMILES string of the molecule is Cc1noc(C)c1[C@H]1CCCN1S(=O)(=O)c1cccc2nsnc12. The van der Waals surface area contributed by atoms with Crippen molar-refractivity contribution in [2.45, 2.75) is 37.6 Å². The molecule has 24 heavy (non-hydrogen) atoms. The van der Waals surface area contributed by atoms with Crippen molar-refractivity contribution in [3.8, 4) is 0 Å². The fourth-order valence-corrected chi connectivity index (χ4v) is 5.82. The van der Waals surface area contributed by atoms with Gasteiger partial charge in [0.1, 0.15) is 21.7 Å². The van der Waals surface area contributed by atoms with Crippen LogP contribution in [0.25, 0.3) is 11.0 Å². The first-order valence-electron chi connectivity index (χ1n) is 7.66. The molecular formula is C15H16N4O3S2. The molecule has 1 aromatic carbocycles. The van der Waals surface area contributed by atoms with E-state index in [-0.39, 0.29) is 10.9 Å². The van der Waals surface area contributed by atoms with E-state index in [1.807, 2.05) is 13.8 Å². The normalized spacial score (nSPS) is 19.3. The van der Waals surface area contributed by atoms with Gasteiger partial charge >= 0.3 is 0 Å². The van der Waals surface area contributed by atoms with Gasteiger partial charge in [-0.15, -0.1) is 0 Å². The van der Waals surface area contributed by atoms with Crippen molar-refractivity contribution in [1.29, 1.82) is 0 Å². The molecule has 0 amide bonds. The van der Waals surface area contributed by atoms with Crippen molar-refractivity contribution in [1.82, 2.24) is 18.2 Å². The molecule has 1 atom stereocenters. The van der Waals surface area contributed by atoms with Crippen molar-refractivity contribution in [2.24, 2.45) is 0 Å². The second-order valence-corrected chi connectivity index (χ2v) is 8.29. The zero-order valence-electron chi connectivity index (χ0n) is 13.3. The highest BCUT2D eigenvalue weighted by Crippen LogP contribution is 2.40. The van der Waals surface area contributed by atoms with E-state index in [0.29, 0.717) is 23.3 Å². The highest BCUT2D eigenvalue weighted by molar-refractivity contribution is 7.89. The van der Waals surface area contributed by atoms with Gasteiger partial charge in [0.05, 0.1) is 23.5 Å². The first-order chi connectivity index (χ1) is 11.5. The van der Waals surface area contributed by atoms with Gasteiger partial charge in [0, 0.05) is 12.1 Å². The molecule has 1 aliphatic heterocycles. The molecule has 0 bridgehead atoms. The third kappa shape index (κ3) is 2.27. The fourth-order valence-electron chi connectivity index (χ4n) is 3.40. The fraction of sp³-hybridized carbons (Fsp3) is 0.400. The van der Waals surface area contributed by atoms with E-state index in [9.17, 15) is 8.42 Å². The Kier molecular flexibility index (Phi) is 3.66. The van der Waals surface area contributed by atoms with Crippen molar-refractivity contribution >= 4 is 32.8 Å². The third-order valence-electron chi connectivity index (χ3n) is 4.46. The van der Waals surface area contributed by atoms with Crippen molar-refractivity contribution in [2.75, 3.05) is 6.54 Å². The van der Waals surface area contributed by atoms with Crippen LogP contribution < -0.4 is 0 Å². The molecule has 1 fully saturated rings. The molecule has 0 aliphatic carbocycles. The van der Waals surface area contributed by atoms with Crippen LogP contribution in [0.2, 0.25) is 0 Å². The summed E-state index contributed by atoms with van der Waals surface area (Å²) in [6.45, 7) is 4.15. The number of rotatable bonds is 3. The molecule has 3 heterocycles. The molecule has 3 aromatic rings. The van der Waals surface area contributed by atoms with Gasteiger partial charge in [-0.3, -0.25) is 0 Å². The molecule has 2 aromatic heterocycles. The molecule has 0 unspecified atom stereocenters. The number of nitrogens with zero attached hydrogens (tertiary/aromatic N) is 4. The predicted octanol–water partition coefficient (Wildman–Crippen LogP) is 2.82. The maximum Gasteiger partial charge on any atom is 0.245 e. The number of fused-ring (bicyclic) bond motifs is 1. The van der Waals surface area contributed by atoms with Crippen LogP contribution in [0.3, 0.4) is 0 Å². The average molecular weight is 364 g/mol. The number of hydrogen-bond donors (Lipinski definition) is 0. The molecule has 0 saturated carbocycles. The van der Waals surface area contributed by atoms with E-state index in [0.717, 1.165) is 35.8 Å². The lowest BCUT2D eigenvalue weighted by molar-refractivity contribution is 0.376. The highest BCUT2D eigenvalue weighted by atomic mass is 32.2. The highest BCUT2D eigenvalue weighted by Gasteiger charge is 2.39. The maximum absolute atomic E-state index is 13.3. The minimum atomic E-state index is -3.68. The van der Waals surface area contributed by atoms with Gasteiger partial charge in [-0.05, 0) is 38.8 Å². The minimum absolute atomic E-state index is 0.215. The summed E-state index contributed by atoms with van der Waals surface area (Å²) in [6, 6.07) is 4.83. The van der Waals surface area contributed by atoms with Gasteiger partial charge < -0.3 is 4.52 Å². The van der Waals surface area contributed by atoms with Crippen molar-refractivity contribution in [3.63, 3.8) is 0 Å². The predicted molar refractivity (Wildman–Crippen MR) is 89.3 cm³/mol. The van der Waals surface area contributed by atoms with Crippen LogP contribution in [0.4, 0.5) is 0 Å². The van der Waals surface area contributed by atoms with Gasteiger partial charge in [0.25, 0.3) is 0 Å². The average Bonchev–Trinajstić information content (AvgIpc) is 3.26. The summed E-state index contributed by atoms with van der Waals surface area (Å²) in [5.74, 6) is 0.674. The summed E-state index contributed by atoms with van der Waals surface area (Å²) < 4.78 is 41.7. The van der Waals surface area contributed by atoms with Crippen LogP contribution in [0.5, 0.6) is 0 Å². The Bertz CT molecular complexity index is 989. The van der Waals surface area contributed by atoms with E-state index in [2.05, 4.69) is 13.9 Å². The quantitative estimate of drug-likeness (QED) is 0.710. The van der Waals surface area contributed by atoms with Crippen LogP contribution in [0.1, 0.15) is 35.9 Å². The topological polar surface area (TPSA) is 89.2 Å². The summed E-state index contributed by atoms with van der Waals surface area (Å²) in [6.07, 6.45) is 1.56. The lowest BCUT2D eigenvalue weighted by Crippen LogP contribution is -2.31. The molecule has 0 radical (unpaired) electrons. The Balaban J connectivity index is 1.83. The number of aryl methyl sites for hydroxylation is 2. The Morgan fingerprint density at radius 3 is 2.88 bits per heavy atom. The summed E-state index contributed by atoms with van der Waals surface area (Å²) in [7, 11) is -3.68. The van der Waals surface area contributed by atoms with E-state index < -0.39 is 10.0 Å². The van der Waals surface area contributed by atoms with Crippen molar-refractivity contribution in [3.05, 3.63) is 35.2 Å². The van der Waals surface area contributed by atoms with E-state index in [1.54, 1.807) is 22.5 Å². The monoisotopic (exact) mass is 364 g/mol. The number of benzene rings is 1. The first kappa shape index (κ1) is 15.7. The second-order valence-electron chi connectivity index (χ2n) is 5.90. The molecule has 0 N–H and O–H groups in total. The van der Waals surface area contributed by atoms with Crippen LogP contribution in [-0.2, 0) is 10.0 Å². The van der Waals surface area contributed by atoms with Gasteiger partial charge in [-0.1, -0.05) is 11.2 Å². The van der Waals surface area contributed by atoms with Gasteiger partial charge in [-0.25, -0.2) is 8.42 Å². The summed E-state index contributed by atoms with van der Waals surface area (Å²) in [5, 5.41) is 3.97. The summed E-state index contributed by atoms with van der Waals surface area (Å²) in [5.41, 5.74) is 2.66. The molecule has 0 spiro atoms. The second kappa shape index (κ2) is 5.61. The summed E-state index contributed by atoms with van der Waals surface area (Å²) >= 11 is 1.02. The standard InChI is InChI=1S/C15H16N4O3S2/c1-9-14(10(2)22-16-9)12-6-4-8-19(12)24(20,21)13-7-3-5-11-15(13)18-23-17-11/h3,5,7,12H,4,6,8H2,1-2H3/t12-/m1/s1. The Hall–Kier alpha value is -1.84. The number of hydrogen-bond acceptors (Lipinski definition) is 7. The van der Waals surface area contributed by atoms with Gasteiger partial charge in [0.15, 0.2) is 0 Å². The Morgan fingerprint density at radius 2 is 2.12 bits per heavy atom. The van der Waals surface area contributed by atoms with E-state index >= 15 is 0 Å². The number of sulfonamides is 1. The van der Waals surface area contributed by atoms with Gasteiger partial charge in [-0.2, -0.15) is 13.1 Å². The van der Waals surface area contributed by atoms with E-state index in [4.69, 9.17) is 4.52 Å². The summed E-state index contributed by atoms with van der Waals surface area (Å²) in [4.78, 5) is 0.215. The smallest absolute Gasteiger partial charge is 0.245 e. The van der Waals surface area contributed by atoms with Crippen LogP contribution >= 0.6 is 11.7 Å². The minimum Gasteiger partial charge on any atom is -0.361 e. The van der Waals surface area contributed by atoms with Crippen LogP contribution in [0, 0.1) is 13.8 Å². The lowest BCUT2D eigenvalue weighted by atomic mass is 10.0. The Morgan fingerprint density at radius 1 is 1.29 bits per heavy atom. The number of aromatic nitrogens is 3. The van der Waals surface area contributed by atoms with Crippen LogP contribution in [0.15, 0.2) is 27.6 Å². The zero-order valence-corrected chi connectivity index (χ0v) is 14.9. The van der Waals surface area contributed by atoms with E-state index in [1.165, 1.54) is 0 Å². The maximum atomic E-state index is 13.3. The first-order valence-corrected chi connectivity index (χ1v) is 9.83. The molecule has 126 valence electrons. The van der Waals surface area contributed by atoms with Crippen molar-refractivity contribution < 1.29 is 12.9 Å². The molecular weight excluding hydrogens is 348 g/mol. The Labute approximate surface area is 143 Å². The lowest BCUT2D eigenvalue weighted by Gasteiger charge is -2.24. The third-order valence-corrected chi connectivity index (χ3v) is 6.94. The largest absolute Gasteiger partial charge is 0.361 e. The molecule has 7 nitrogen and oxygen atoms in total.